The summed E-state index contributed by atoms with van der Waals surface area (Å²) in [5.41, 5.74) is 3.59. The highest BCUT2D eigenvalue weighted by atomic mass is 35.5. The fourth-order valence-corrected chi connectivity index (χ4v) is 4.86. The maximum Gasteiger partial charge on any atom is 0.270 e. The summed E-state index contributed by atoms with van der Waals surface area (Å²) in [5, 5.41) is 1.61. The van der Waals surface area contributed by atoms with E-state index in [4.69, 9.17) is 11.6 Å². The number of aromatic nitrogens is 1. The lowest BCUT2D eigenvalue weighted by atomic mass is 9.71. The van der Waals surface area contributed by atoms with E-state index in [0.29, 0.717) is 10.7 Å². The minimum atomic E-state index is 0.0316. The van der Waals surface area contributed by atoms with Gasteiger partial charge in [0.1, 0.15) is 5.69 Å². The molecular weight excluding hydrogens is 398 g/mol. The van der Waals surface area contributed by atoms with Crippen molar-refractivity contribution in [2.75, 3.05) is 26.2 Å². The molecule has 1 N–H and O–H groups in total. The van der Waals surface area contributed by atoms with Crippen molar-refractivity contribution in [1.82, 2.24) is 14.8 Å². The summed E-state index contributed by atoms with van der Waals surface area (Å²) in [6.07, 6.45) is 1.87. The minimum absolute atomic E-state index is 0.0316. The van der Waals surface area contributed by atoms with Crippen LogP contribution in [0.5, 0.6) is 0 Å². The molecule has 0 atom stereocenters. The predicted molar refractivity (Wildman–Crippen MR) is 118 cm³/mol. The normalized spacial score (nSPS) is 17.9. The van der Waals surface area contributed by atoms with Gasteiger partial charge in [-0.1, -0.05) is 29.3 Å². The third kappa shape index (κ3) is 3.37. The van der Waals surface area contributed by atoms with Gasteiger partial charge in [0.15, 0.2) is 0 Å². The molecule has 3 heterocycles. The molecule has 0 radical (unpaired) electrons. The van der Waals surface area contributed by atoms with Crippen LogP contribution in [0.3, 0.4) is 0 Å². The van der Waals surface area contributed by atoms with E-state index in [1.807, 2.05) is 65.3 Å². The van der Waals surface area contributed by atoms with Gasteiger partial charge in [0.2, 0.25) is 0 Å². The SMILES string of the molecule is Cc1ccc(C(=O)N2CC3(CCN(C(=O)c4cc5cc(Cl)ccc5[nH]4)CC3)C2)cc1. The van der Waals surface area contributed by atoms with E-state index in [1.54, 1.807) is 0 Å². The second-order valence-corrected chi connectivity index (χ2v) is 9.17. The first-order valence-electron chi connectivity index (χ1n) is 10.4. The molecule has 3 aromatic rings. The zero-order valence-electron chi connectivity index (χ0n) is 17.0. The summed E-state index contributed by atoms with van der Waals surface area (Å²) in [6.45, 7) is 5.04. The molecule has 30 heavy (non-hydrogen) atoms. The van der Waals surface area contributed by atoms with Crippen molar-refractivity contribution in [1.29, 1.82) is 0 Å². The van der Waals surface area contributed by atoms with Crippen LogP contribution in [-0.2, 0) is 0 Å². The van der Waals surface area contributed by atoms with Crippen molar-refractivity contribution in [3.63, 3.8) is 0 Å². The molecule has 2 fully saturated rings. The summed E-state index contributed by atoms with van der Waals surface area (Å²) in [6, 6.07) is 15.2. The van der Waals surface area contributed by atoms with E-state index >= 15 is 0 Å². The van der Waals surface area contributed by atoms with Crippen LogP contribution in [0.15, 0.2) is 48.5 Å². The van der Waals surface area contributed by atoms with Crippen LogP contribution < -0.4 is 0 Å². The molecule has 2 aromatic carbocycles. The topological polar surface area (TPSA) is 56.4 Å². The number of aryl methyl sites for hydroxylation is 1. The Balaban J connectivity index is 1.20. The maximum atomic E-state index is 13.0. The smallest absolute Gasteiger partial charge is 0.270 e. The summed E-state index contributed by atoms with van der Waals surface area (Å²) >= 11 is 6.05. The molecule has 2 amide bonds. The number of piperidine rings is 1. The number of amides is 2. The molecule has 5 nitrogen and oxygen atoms in total. The number of carbonyl (C=O) groups excluding carboxylic acids is 2. The second kappa shape index (κ2) is 7.17. The number of aromatic amines is 1. The van der Waals surface area contributed by atoms with Crippen LogP contribution in [0, 0.1) is 12.3 Å². The molecule has 0 bridgehead atoms. The van der Waals surface area contributed by atoms with Crippen LogP contribution in [0.25, 0.3) is 10.9 Å². The van der Waals surface area contributed by atoms with Gasteiger partial charge in [0.05, 0.1) is 0 Å². The van der Waals surface area contributed by atoms with E-state index < -0.39 is 0 Å². The van der Waals surface area contributed by atoms with Gasteiger partial charge in [0.25, 0.3) is 11.8 Å². The molecule has 2 aliphatic heterocycles. The van der Waals surface area contributed by atoms with Crippen molar-refractivity contribution in [2.24, 2.45) is 5.41 Å². The highest BCUT2D eigenvalue weighted by Gasteiger charge is 2.47. The Morgan fingerprint density at radius 2 is 1.63 bits per heavy atom. The van der Waals surface area contributed by atoms with Crippen molar-refractivity contribution < 1.29 is 9.59 Å². The van der Waals surface area contributed by atoms with Crippen LogP contribution in [-0.4, -0.2) is 52.8 Å². The van der Waals surface area contributed by atoms with Crippen LogP contribution >= 0.6 is 11.6 Å². The molecule has 154 valence electrons. The number of H-pyrrole nitrogens is 1. The van der Waals surface area contributed by atoms with Gasteiger partial charge in [-0.2, -0.15) is 0 Å². The van der Waals surface area contributed by atoms with Gasteiger partial charge in [0, 0.05) is 53.1 Å². The number of fused-ring (bicyclic) bond motifs is 1. The average Bonchev–Trinajstić information content (AvgIpc) is 3.15. The summed E-state index contributed by atoms with van der Waals surface area (Å²) < 4.78 is 0. The number of benzene rings is 2. The summed E-state index contributed by atoms with van der Waals surface area (Å²) in [4.78, 5) is 32.7. The van der Waals surface area contributed by atoms with Gasteiger partial charge in [-0.3, -0.25) is 9.59 Å². The number of halogens is 1. The number of hydrogen-bond donors (Lipinski definition) is 1. The summed E-state index contributed by atoms with van der Waals surface area (Å²) in [7, 11) is 0. The van der Waals surface area contributed by atoms with Gasteiger partial charge in [-0.15, -0.1) is 0 Å². The highest BCUT2D eigenvalue weighted by molar-refractivity contribution is 6.31. The van der Waals surface area contributed by atoms with Gasteiger partial charge >= 0.3 is 0 Å². The third-order valence-electron chi connectivity index (χ3n) is 6.56. The molecule has 6 heteroatoms. The first-order valence-corrected chi connectivity index (χ1v) is 10.7. The number of nitrogens with one attached hydrogen (secondary N) is 1. The molecular formula is C24H24ClN3O2. The number of likely N-dealkylation sites (tertiary alicyclic amines) is 2. The lowest BCUT2D eigenvalue weighted by Gasteiger charge is -2.54. The zero-order valence-corrected chi connectivity index (χ0v) is 17.7. The van der Waals surface area contributed by atoms with Gasteiger partial charge < -0.3 is 14.8 Å². The van der Waals surface area contributed by atoms with Crippen LogP contribution in [0.1, 0.15) is 39.3 Å². The number of carbonyl (C=O) groups is 2. The van der Waals surface area contributed by atoms with E-state index in [9.17, 15) is 9.59 Å². The largest absolute Gasteiger partial charge is 0.351 e. The van der Waals surface area contributed by atoms with E-state index in [2.05, 4.69) is 4.98 Å². The lowest BCUT2D eigenvalue weighted by molar-refractivity contribution is -0.0288. The zero-order chi connectivity index (χ0) is 20.9. The predicted octanol–water partition coefficient (Wildman–Crippen LogP) is 4.51. The molecule has 1 spiro atoms. The Morgan fingerprint density at radius 1 is 0.933 bits per heavy atom. The fraction of sp³-hybridized carbons (Fsp3) is 0.333. The Kier molecular flexibility index (Phi) is 4.58. The monoisotopic (exact) mass is 421 g/mol. The van der Waals surface area contributed by atoms with Crippen molar-refractivity contribution in [3.05, 3.63) is 70.4 Å². The Hall–Kier alpha value is -2.79. The lowest BCUT2D eigenvalue weighted by Crippen LogP contribution is -2.62. The first-order chi connectivity index (χ1) is 14.4. The highest BCUT2D eigenvalue weighted by Crippen LogP contribution is 2.41. The standard InChI is InChI=1S/C24H24ClN3O2/c1-16-2-4-17(5-3-16)22(29)28-14-24(15-28)8-10-27(11-9-24)23(30)21-13-18-12-19(25)6-7-20(18)26-21/h2-7,12-13,26H,8-11,14-15H2,1H3. The van der Waals surface area contributed by atoms with Crippen LogP contribution in [0.2, 0.25) is 5.02 Å². The minimum Gasteiger partial charge on any atom is -0.351 e. The van der Waals surface area contributed by atoms with Crippen LogP contribution in [0.4, 0.5) is 0 Å². The first kappa shape index (κ1) is 19.2. The Labute approximate surface area is 180 Å². The van der Waals surface area contributed by atoms with Crippen molar-refractivity contribution in [3.8, 4) is 0 Å². The van der Waals surface area contributed by atoms with E-state index in [0.717, 1.165) is 61.1 Å². The van der Waals surface area contributed by atoms with Gasteiger partial charge in [-0.25, -0.2) is 0 Å². The number of rotatable bonds is 2. The second-order valence-electron chi connectivity index (χ2n) is 8.73. The third-order valence-corrected chi connectivity index (χ3v) is 6.80. The van der Waals surface area contributed by atoms with E-state index in [1.165, 1.54) is 0 Å². The maximum absolute atomic E-state index is 13.0. The van der Waals surface area contributed by atoms with E-state index in [-0.39, 0.29) is 17.2 Å². The van der Waals surface area contributed by atoms with Crippen molar-refractivity contribution in [2.45, 2.75) is 19.8 Å². The molecule has 0 saturated carbocycles. The molecule has 0 unspecified atom stereocenters. The summed E-state index contributed by atoms with van der Waals surface area (Å²) in [5.74, 6) is 0.139. The fourth-order valence-electron chi connectivity index (χ4n) is 4.68. The molecule has 0 aliphatic carbocycles. The number of nitrogens with zero attached hydrogens (tertiary/aromatic N) is 2. The molecule has 2 aliphatic rings. The quantitative estimate of drug-likeness (QED) is 0.662. The average molecular weight is 422 g/mol. The Morgan fingerprint density at radius 3 is 2.33 bits per heavy atom. The van der Waals surface area contributed by atoms with Gasteiger partial charge in [-0.05, 0) is 56.2 Å². The molecule has 5 rings (SSSR count). The molecule has 2 saturated heterocycles. The Bertz CT molecular complexity index is 1120. The number of hydrogen-bond acceptors (Lipinski definition) is 2. The van der Waals surface area contributed by atoms with Crippen molar-refractivity contribution >= 4 is 34.3 Å². The molecule has 1 aromatic heterocycles.